The molecule has 0 bridgehead atoms. The third-order valence-electron chi connectivity index (χ3n) is 5.49. The summed E-state index contributed by atoms with van der Waals surface area (Å²) in [5.74, 6) is 0.790. The van der Waals surface area contributed by atoms with Gasteiger partial charge in [-0.15, -0.1) is 0 Å². The molecule has 0 aliphatic carbocycles. The molecule has 10 nitrogen and oxygen atoms in total. The van der Waals surface area contributed by atoms with Gasteiger partial charge in [-0.3, -0.25) is 4.99 Å². The van der Waals surface area contributed by atoms with Crippen LogP contribution in [-0.2, 0) is 4.79 Å². The average Bonchev–Trinajstić information content (AvgIpc) is 3.27. The van der Waals surface area contributed by atoms with E-state index in [4.69, 9.17) is 19.7 Å². The van der Waals surface area contributed by atoms with E-state index >= 15 is 0 Å². The topological polar surface area (TPSA) is 139 Å². The summed E-state index contributed by atoms with van der Waals surface area (Å²) in [6, 6.07) is 10.6. The minimum atomic E-state index is -1.25. The summed E-state index contributed by atoms with van der Waals surface area (Å²) in [6.45, 7) is 2.49. The smallest absolute Gasteiger partial charge is 0.330 e. The highest BCUT2D eigenvalue weighted by Gasteiger charge is 2.17. The number of aliphatic hydroxyl groups is 1. The van der Waals surface area contributed by atoms with Crippen LogP contribution in [0, 0.1) is 6.92 Å². The van der Waals surface area contributed by atoms with Crippen LogP contribution >= 0.6 is 11.5 Å². The number of nitrogens with one attached hydrogen (secondary N) is 1. The first kappa shape index (κ1) is 22.7. The summed E-state index contributed by atoms with van der Waals surface area (Å²) >= 11 is 1.20. The number of aliphatic carboxylic acids is 1. The summed E-state index contributed by atoms with van der Waals surface area (Å²) < 4.78 is 15.8. The van der Waals surface area contributed by atoms with Gasteiger partial charge >= 0.3 is 5.97 Å². The largest absolute Gasteiger partial charge is 0.486 e. The predicted molar refractivity (Wildman–Crippen MR) is 132 cm³/mol. The van der Waals surface area contributed by atoms with E-state index in [9.17, 15) is 4.79 Å². The van der Waals surface area contributed by atoms with Crippen LogP contribution in [0.5, 0.6) is 11.5 Å². The number of benzene rings is 2. The monoisotopic (exact) mass is 491 g/mol. The molecule has 1 atom stereocenters. The lowest BCUT2D eigenvalue weighted by molar-refractivity contribution is -0.139. The van der Waals surface area contributed by atoms with Gasteiger partial charge in [0.05, 0.1) is 12.8 Å². The summed E-state index contributed by atoms with van der Waals surface area (Å²) in [5, 5.41) is 21.5. The number of aromatic nitrogens is 3. The molecule has 178 valence electrons. The Morgan fingerprint density at radius 1 is 1.26 bits per heavy atom. The van der Waals surface area contributed by atoms with Gasteiger partial charge in [-0.05, 0) is 53.3 Å². The fourth-order valence-electron chi connectivity index (χ4n) is 3.67. The quantitative estimate of drug-likeness (QED) is 0.332. The molecular formula is C24H21N5O5S. The van der Waals surface area contributed by atoms with E-state index in [1.807, 2.05) is 43.3 Å². The molecule has 2 aromatic heterocycles. The normalized spacial score (nSPS) is 13.8. The Bertz CT molecular complexity index is 1440. The molecule has 0 spiro atoms. The zero-order valence-corrected chi connectivity index (χ0v) is 19.5. The molecule has 0 saturated carbocycles. The van der Waals surface area contributed by atoms with Crippen molar-refractivity contribution in [2.75, 3.05) is 25.1 Å². The van der Waals surface area contributed by atoms with E-state index in [2.05, 4.69) is 24.7 Å². The van der Waals surface area contributed by atoms with Crippen LogP contribution in [0.3, 0.4) is 0 Å². The molecular weight excluding hydrogens is 470 g/mol. The van der Waals surface area contributed by atoms with Crippen LogP contribution in [0.1, 0.15) is 11.3 Å². The number of carbonyl (C=O) groups is 1. The van der Waals surface area contributed by atoms with Gasteiger partial charge in [0.15, 0.2) is 28.2 Å². The summed E-state index contributed by atoms with van der Waals surface area (Å²) in [7, 11) is 0. The third-order valence-corrected chi connectivity index (χ3v) is 6.24. The van der Waals surface area contributed by atoms with Crippen LogP contribution in [0.15, 0.2) is 47.6 Å². The van der Waals surface area contributed by atoms with E-state index in [1.54, 1.807) is 0 Å². The highest BCUT2D eigenvalue weighted by atomic mass is 32.1. The zero-order valence-electron chi connectivity index (χ0n) is 18.6. The highest BCUT2D eigenvalue weighted by Crippen LogP contribution is 2.37. The molecule has 0 unspecified atom stereocenters. The van der Waals surface area contributed by atoms with Crippen molar-refractivity contribution in [2.45, 2.75) is 13.0 Å². The van der Waals surface area contributed by atoms with Gasteiger partial charge < -0.3 is 25.0 Å². The molecule has 0 saturated heterocycles. The Kier molecular flexibility index (Phi) is 6.25. The first-order chi connectivity index (χ1) is 17.0. The minimum absolute atomic E-state index is 0.363. The van der Waals surface area contributed by atoms with Gasteiger partial charge in [0.1, 0.15) is 24.4 Å². The summed E-state index contributed by atoms with van der Waals surface area (Å²) in [6.07, 6.45) is 2.77. The second kappa shape index (κ2) is 9.65. The number of nitrogens with zero attached hydrogens (tertiary/aromatic N) is 4. The van der Waals surface area contributed by atoms with Crippen LogP contribution in [0.4, 0.5) is 11.5 Å². The van der Waals surface area contributed by atoms with Crippen LogP contribution in [0.25, 0.3) is 21.5 Å². The predicted octanol–water partition coefficient (Wildman–Crippen LogP) is 3.44. The number of fused-ring (bicyclic) bond motifs is 2. The van der Waals surface area contributed by atoms with E-state index in [-0.39, 0.29) is 0 Å². The molecule has 1 aliphatic rings. The van der Waals surface area contributed by atoms with Gasteiger partial charge in [0.2, 0.25) is 0 Å². The molecule has 4 aromatic rings. The Balaban J connectivity index is 1.44. The van der Waals surface area contributed by atoms with Crippen molar-refractivity contribution < 1.29 is 24.5 Å². The van der Waals surface area contributed by atoms with Gasteiger partial charge in [0.25, 0.3) is 0 Å². The lowest BCUT2D eigenvalue weighted by Crippen LogP contribution is -2.22. The molecule has 5 rings (SSSR count). The maximum absolute atomic E-state index is 11.1. The Labute approximate surface area is 204 Å². The summed E-state index contributed by atoms with van der Waals surface area (Å²) in [5.41, 5.74) is 4.82. The molecule has 1 aliphatic heterocycles. The fourth-order valence-corrected chi connectivity index (χ4v) is 4.31. The zero-order chi connectivity index (χ0) is 24.4. The second-order valence-electron chi connectivity index (χ2n) is 7.76. The van der Waals surface area contributed by atoms with Gasteiger partial charge in [0, 0.05) is 11.9 Å². The minimum Gasteiger partial charge on any atom is -0.486 e. The lowest BCUT2D eigenvalue weighted by Gasteiger charge is -2.19. The SMILES string of the molecule is Cc1c(Nc2nsc3ncc(C=N[C@@H](CO)C(=O)O)nc23)cccc1-c1ccc2c(c1)OCCO2. The molecule has 0 amide bonds. The molecule has 35 heavy (non-hydrogen) atoms. The number of rotatable bonds is 7. The van der Waals surface area contributed by atoms with Crippen LogP contribution < -0.4 is 14.8 Å². The highest BCUT2D eigenvalue weighted by molar-refractivity contribution is 7.13. The van der Waals surface area contributed by atoms with E-state index < -0.39 is 18.6 Å². The molecule has 3 heterocycles. The van der Waals surface area contributed by atoms with Crippen molar-refractivity contribution in [3.8, 4) is 22.6 Å². The number of aliphatic imine (C=N–C) groups is 1. The third kappa shape index (κ3) is 4.63. The Morgan fingerprint density at radius 3 is 2.89 bits per heavy atom. The molecule has 3 N–H and O–H groups in total. The fraction of sp³-hybridized carbons (Fsp3) is 0.208. The first-order valence-electron chi connectivity index (χ1n) is 10.8. The molecule has 11 heteroatoms. The van der Waals surface area contributed by atoms with Crippen molar-refractivity contribution in [3.05, 3.63) is 53.9 Å². The lowest BCUT2D eigenvalue weighted by atomic mass is 9.98. The van der Waals surface area contributed by atoms with Crippen molar-refractivity contribution in [2.24, 2.45) is 4.99 Å². The van der Waals surface area contributed by atoms with E-state index in [1.165, 1.54) is 23.9 Å². The van der Waals surface area contributed by atoms with Crippen LogP contribution in [-0.4, -0.2) is 62.6 Å². The Morgan fingerprint density at radius 2 is 2.09 bits per heavy atom. The maximum Gasteiger partial charge on any atom is 0.330 e. The number of carboxylic acid groups (broad SMARTS) is 1. The second-order valence-corrected chi connectivity index (χ2v) is 8.51. The van der Waals surface area contributed by atoms with E-state index in [0.29, 0.717) is 35.1 Å². The number of aliphatic hydroxyl groups excluding tert-OH is 1. The first-order valence-corrected chi connectivity index (χ1v) is 11.6. The van der Waals surface area contributed by atoms with Crippen molar-refractivity contribution in [1.29, 1.82) is 0 Å². The standard InChI is InChI=1S/C24H21N5O5S/c1-13-16(14-5-6-19-20(9-14)34-8-7-33-19)3-2-4-17(13)28-22-21-23(35-29-22)26-11-15(27-21)10-25-18(12-30)24(31)32/h2-6,9-11,18,30H,7-8,12H2,1H3,(H,28,29)(H,31,32)/t18-/m0/s1. The number of carboxylic acids is 1. The molecule has 0 fully saturated rings. The van der Waals surface area contributed by atoms with Gasteiger partial charge in [-0.1, -0.05) is 18.2 Å². The van der Waals surface area contributed by atoms with Crippen LogP contribution in [0.2, 0.25) is 0 Å². The molecule has 2 aromatic carbocycles. The van der Waals surface area contributed by atoms with Gasteiger partial charge in [-0.2, -0.15) is 4.37 Å². The number of hydrogen-bond donors (Lipinski definition) is 3. The van der Waals surface area contributed by atoms with Crippen molar-refractivity contribution >= 4 is 45.6 Å². The maximum atomic E-state index is 11.1. The molecule has 0 radical (unpaired) electrons. The van der Waals surface area contributed by atoms with Gasteiger partial charge in [-0.25, -0.2) is 14.8 Å². The van der Waals surface area contributed by atoms with Crippen molar-refractivity contribution in [1.82, 2.24) is 14.3 Å². The number of hydrogen-bond acceptors (Lipinski definition) is 10. The summed E-state index contributed by atoms with van der Waals surface area (Å²) in [4.78, 5) is 24.4. The number of anilines is 2. The average molecular weight is 492 g/mol. The van der Waals surface area contributed by atoms with Crippen molar-refractivity contribution in [3.63, 3.8) is 0 Å². The Hall–Kier alpha value is -4.09. The van der Waals surface area contributed by atoms with E-state index in [0.717, 1.165) is 33.9 Å². The number of ether oxygens (including phenoxy) is 2.